The number of hydrogen-bond donors (Lipinski definition) is 0. The lowest BCUT2D eigenvalue weighted by Crippen LogP contribution is -2.55. The quantitative estimate of drug-likeness (QED) is 0.591. The van der Waals surface area contributed by atoms with Crippen molar-refractivity contribution >= 4 is 39.1 Å². The molecule has 170 valence electrons. The maximum Gasteiger partial charge on any atom is 0.338 e. The molecule has 32 heavy (non-hydrogen) atoms. The minimum atomic E-state index is -3.39. The standard InChI is InChI=1S/C23H24ClNO6S/c1-25(23(14-6-5-9-20(23)26)18-7-3-4-8-19(18)24)21(27)15-31-22(28)16-10-12-17(13-11-16)32(2,29)30/h3-4,7-8,10-13H,5-6,9,14-15H2,1-2H3/t23-/m1/s1. The van der Waals surface area contributed by atoms with Crippen LogP contribution in [0.4, 0.5) is 0 Å². The molecule has 0 aliphatic heterocycles. The number of amides is 1. The van der Waals surface area contributed by atoms with Gasteiger partial charge >= 0.3 is 5.97 Å². The number of likely N-dealkylation sites (N-methyl/N-ethyl adjacent to an activating group) is 1. The van der Waals surface area contributed by atoms with E-state index in [2.05, 4.69) is 0 Å². The minimum Gasteiger partial charge on any atom is -0.452 e. The molecule has 0 saturated heterocycles. The van der Waals surface area contributed by atoms with Gasteiger partial charge in [0.2, 0.25) is 0 Å². The van der Waals surface area contributed by atoms with Gasteiger partial charge in [0.05, 0.1) is 10.5 Å². The summed E-state index contributed by atoms with van der Waals surface area (Å²) in [5.41, 5.74) is -0.538. The second kappa shape index (κ2) is 9.42. The molecular weight excluding hydrogens is 454 g/mol. The average molecular weight is 478 g/mol. The molecule has 1 aliphatic rings. The lowest BCUT2D eigenvalue weighted by molar-refractivity contribution is -0.150. The number of nitrogens with zero attached hydrogens (tertiary/aromatic N) is 1. The van der Waals surface area contributed by atoms with E-state index in [1.165, 1.54) is 36.2 Å². The Hall–Kier alpha value is -2.71. The predicted octanol–water partition coefficient (Wildman–Crippen LogP) is 3.40. The van der Waals surface area contributed by atoms with Crippen LogP contribution in [0.3, 0.4) is 0 Å². The molecular formula is C23H24ClNO6S. The van der Waals surface area contributed by atoms with E-state index in [0.29, 0.717) is 23.4 Å². The van der Waals surface area contributed by atoms with Gasteiger partial charge in [-0.3, -0.25) is 9.59 Å². The summed E-state index contributed by atoms with van der Waals surface area (Å²) in [4.78, 5) is 39.8. The molecule has 0 heterocycles. The van der Waals surface area contributed by atoms with Crippen LogP contribution in [0.5, 0.6) is 0 Å². The normalized spacial score (nSPS) is 18.8. The van der Waals surface area contributed by atoms with E-state index in [9.17, 15) is 22.8 Å². The summed E-state index contributed by atoms with van der Waals surface area (Å²) in [5, 5.41) is 0.394. The molecule has 0 aromatic heterocycles. The molecule has 1 amide bonds. The SMILES string of the molecule is CN(C(=O)COC(=O)c1ccc(S(C)(=O)=O)cc1)[C@@]1(c2ccccc2Cl)CCCCC1=O. The van der Waals surface area contributed by atoms with Crippen molar-refractivity contribution in [1.29, 1.82) is 0 Å². The maximum absolute atomic E-state index is 13.1. The van der Waals surface area contributed by atoms with E-state index < -0.39 is 33.9 Å². The number of carbonyl (C=O) groups excluding carboxylic acids is 3. The molecule has 1 saturated carbocycles. The van der Waals surface area contributed by atoms with Gasteiger partial charge in [-0.05, 0) is 49.6 Å². The van der Waals surface area contributed by atoms with E-state index in [1.54, 1.807) is 24.3 Å². The summed E-state index contributed by atoms with van der Waals surface area (Å²) in [6.07, 6.45) is 3.32. The van der Waals surface area contributed by atoms with Crippen molar-refractivity contribution in [1.82, 2.24) is 4.90 Å². The average Bonchev–Trinajstić information content (AvgIpc) is 2.77. The van der Waals surface area contributed by atoms with E-state index in [4.69, 9.17) is 16.3 Å². The molecule has 1 aliphatic carbocycles. The number of carbonyl (C=O) groups is 3. The molecule has 1 fully saturated rings. The van der Waals surface area contributed by atoms with Crippen molar-refractivity contribution in [2.75, 3.05) is 19.9 Å². The highest BCUT2D eigenvalue weighted by atomic mass is 35.5. The molecule has 2 aromatic rings. The summed E-state index contributed by atoms with van der Waals surface area (Å²) in [5.74, 6) is -1.41. The van der Waals surface area contributed by atoms with Gasteiger partial charge in [-0.2, -0.15) is 0 Å². The van der Waals surface area contributed by atoms with Gasteiger partial charge in [-0.1, -0.05) is 29.8 Å². The van der Waals surface area contributed by atoms with E-state index >= 15 is 0 Å². The fourth-order valence-corrected chi connectivity index (χ4v) is 4.91. The van der Waals surface area contributed by atoms with Gasteiger partial charge in [0.25, 0.3) is 5.91 Å². The Morgan fingerprint density at radius 2 is 1.75 bits per heavy atom. The topological polar surface area (TPSA) is 97.8 Å². The number of Topliss-reactive ketones (excluding diaryl/α,β-unsaturated/α-hetero) is 1. The van der Waals surface area contributed by atoms with Crippen molar-refractivity contribution in [3.05, 3.63) is 64.7 Å². The number of halogens is 1. The lowest BCUT2D eigenvalue weighted by Gasteiger charge is -2.43. The molecule has 0 unspecified atom stereocenters. The summed E-state index contributed by atoms with van der Waals surface area (Å²) in [7, 11) is -1.87. The molecule has 9 heteroatoms. The van der Waals surface area contributed by atoms with Gasteiger partial charge < -0.3 is 9.64 Å². The first-order valence-corrected chi connectivity index (χ1v) is 12.4. The highest BCUT2D eigenvalue weighted by molar-refractivity contribution is 7.90. The summed E-state index contributed by atoms with van der Waals surface area (Å²) < 4.78 is 28.2. The first-order valence-electron chi connectivity index (χ1n) is 10.1. The third-order valence-corrected chi connectivity index (χ3v) is 7.22. The number of ketones is 1. The van der Waals surface area contributed by atoms with Crippen LogP contribution in [0, 0.1) is 0 Å². The third-order valence-electron chi connectivity index (χ3n) is 5.76. The summed E-state index contributed by atoms with van der Waals surface area (Å²) in [6, 6.07) is 12.2. The number of hydrogen-bond acceptors (Lipinski definition) is 6. The summed E-state index contributed by atoms with van der Waals surface area (Å²) >= 11 is 6.40. The Kier molecular flexibility index (Phi) is 7.05. The second-order valence-electron chi connectivity index (χ2n) is 7.80. The van der Waals surface area contributed by atoms with Crippen LogP contribution in [-0.4, -0.2) is 50.9 Å². The molecule has 0 radical (unpaired) electrons. The van der Waals surface area contributed by atoms with Crippen molar-refractivity contribution in [3.8, 4) is 0 Å². The first kappa shape index (κ1) is 23.9. The number of sulfone groups is 1. The monoisotopic (exact) mass is 477 g/mol. The van der Waals surface area contributed by atoms with Crippen LogP contribution < -0.4 is 0 Å². The number of benzene rings is 2. The maximum atomic E-state index is 13.1. The predicted molar refractivity (Wildman–Crippen MR) is 119 cm³/mol. The van der Waals surface area contributed by atoms with Gasteiger partial charge in [0.1, 0.15) is 5.54 Å². The Morgan fingerprint density at radius 1 is 1.09 bits per heavy atom. The van der Waals surface area contributed by atoms with Crippen molar-refractivity contribution in [3.63, 3.8) is 0 Å². The Labute approximate surface area is 192 Å². The van der Waals surface area contributed by atoms with E-state index in [0.717, 1.165) is 19.1 Å². The van der Waals surface area contributed by atoms with Crippen LogP contribution in [-0.2, 0) is 29.7 Å². The Balaban J connectivity index is 1.78. The van der Waals surface area contributed by atoms with Crippen molar-refractivity contribution < 1.29 is 27.5 Å². The van der Waals surface area contributed by atoms with Crippen molar-refractivity contribution in [2.45, 2.75) is 36.1 Å². The number of ether oxygens (including phenoxy) is 1. The Morgan fingerprint density at radius 3 is 2.34 bits per heavy atom. The van der Waals surface area contributed by atoms with Gasteiger partial charge in [-0.25, -0.2) is 13.2 Å². The fourth-order valence-electron chi connectivity index (χ4n) is 3.99. The first-order chi connectivity index (χ1) is 15.1. The van der Waals surface area contributed by atoms with Gasteiger partial charge in [0.15, 0.2) is 22.2 Å². The van der Waals surface area contributed by atoms with Crippen LogP contribution in [0.1, 0.15) is 41.6 Å². The third kappa shape index (κ3) is 4.71. The van der Waals surface area contributed by atoms with Crippen molar-refractivity contribution in [2.24, 2.45) is 0 Å². The second-order valence-corrected chi connectivity index (χ2v) is 10.2. The zero-order valence-electron chi connectivity index (χ0n) is 17.8. The largest absolute Gasteiger partial charge is 0.452 e. The molecule has 0 spiro atoms. The van der Waals surface area contributed by atoms with E-state index in [1.807, 2.05) is 0 Å². The van der Waals surface area contributed by atoms with Crippen LogP contribution >= 0.6 is 11.6 Å². The number of esters is 1. The highest BCUT2D eigenvalue weighted by Gasteiger charge is 2.48. The molecule has 1 atom stereocenters. The zero-order chi connectivity index (χ0) is 23.5. The molecule has 3 rings (SSSR count). The van der Waals surface area contributed by atoms with Crippen LogP contribution in [0.2, 0.25) is 5.02 Å². The summed E-state index contributed by atoms with van der Waals surface area (Å²) in [6.45, 7) is -0.567. The molecule has 7 nitrogen and oxygen atoms in total. The number of rotatable bonds is 6. The van der Waals surface area contributed by atoms with Crippen LogP contribution in [0.15, 0.2) is 53.4 Å². The van der Waals surface area contributed by atoms with Gasteiger partial charge in [-0.15, -0.1) is 0 Å². The lowest BCUT2D eigenvalue weighted by atomic mass is 9.74. The molecule has 2 aromatic carbocycles. The minimum absolute atomic E-state index is 0.0716. The fraction of sp³-hybridized carbons (Fsp3) is 0.348. The van der Waals surface area contributed by atoms with Crippen LogP contribution in [0.25, 0.3) is 0 Å². The zero-order valence-corrected chi connectivity index (χ0v) is 19.4. The Bertz CT molecular complexity index is 1150. The van der Waals surface area contributed by atoms with E-state index in [-0.39, 0.29) is 16.2 Å². The molecule has 0 bridgehead atoms. The molecule has 0 N–H and O–H groups in total. The highest BCUT2D eigenvalue weighted by Crippen LogP contribution is 2.42. The van der Waals surface area contributed by atoms with Gasteiger partial charge in [0, 0.05) is 30.3 Å². The smallest absolute Gasteiger partial charge is 0.338 e.